The Kier molecular flexibility index (Phi) is 3.75. The molecule has 126 valence electrons. The molecule has 0 aliphatic carbocycles. The fourth-order valence-electron chi connectivity index (χ4n) is 2.69. The molecule has 4 aromatic rings. The number of nitriles is 1. The molecule has 1 amide bonds. The molecule has 7 heteroatoms. The standard InChI is InChI=1S/C19H12N4O2S/c1-11-3-2-8-23-16(11)22-18-14(19(23)25)9-15(26-18)17(24)21-13-6-4-12(10-20)5-7-13/h2-9H,1H3,(H,21,24). The molecule has 26 heavy (non-hydrogen) atoms. The van der Waals surface area contributed by atoms with Gasteiger partial charge in [-0.1, -0.05) is 6.07 Å². The maximum absolute atomic E-state index is 12.7. The van der Waals surface area contributed by atoms with E-state index in [0.29, 0.717) is 32.0 Å². The largest absolute Gasteiger partial charge is 0.321 e. The molecule has 0 bridgehead atoms. The normalized spacial score (nSPS) is 10.8. The molecule has 3 aromatic heterocycles. The Labute approximate surface area is 152 Å². The minimum Gasteiger partial charge on any atom is -0.321 e. The van der Waals surface area contributed by atoms with E-state index in [1.807, 2.05) is 19.1 Å². The fraction of sp³-hybridized carbons (Fsp3) is 0.0526. The molecular weight excluding hydrogens is 348 g/mol. The zero-order valence-corrected chi connectivity index (χ0v) is 14.5. The maximum atomic E-state index is 12.7. The summed E-state index contributed by atoms with van der Waals surface area (Å²) in [5.74, 6) is -0.317. The van der Waals surface area contributed by atoms with Gasteiger partial charge >= 0.3 is 0 Å². The van der Waals surface area contributed by atoms with Crippen molar-refractivity contribution in [1.29, 1.82) is 5.26 Å². The van der Waals surface area contributed by atoms with E-state index in [-0.39, 0.29) is 11.5 Å². The second kappa shape index (κ2) is 6.10. The first-order valence-corrected chi connectivity index (χ1v) is 8.61. The number of rotatable bonds is 2. The van der Waals surface area contributed by atoms with Gasteiger partial charge in [0.15, 0.2) is 0 Å². The molecule has 0 aliphatic rings. The zero-order valence-electron chi connectivity index (χ0n) is 13.7. The van der Waals surface area contributed by atoms with Crippen molar-refractivity contribution < 1.29 is 4.79 Å². The van der Waals surface area contributed by atoms with Crippen LogP contribution in [0.25, 0.3) is 15.9 Å². The molecule has 1 N–H and O–H groups in total. The van der Waals surface area contributed by atoms with E-state index in [2.05, 4.69) is 10.3 Å². The maximum Gasteiger partial charge on any atom is 0.266 e. The third kappa shape index (κ3) is 2.62. The van der Waals surface area contributed by atoms with Crippen molar-refractivity contribution in [2.75, 3.05) is 5.32 Å². The Hall–Kier alpha value is -3.50. The van der Waals surface area contributed by atoms with E-state index in [1.54, 1.807) is 42.6 Å². The number of aromatic nitrogens is 2. The van der Waals surface area contributed by atoms with Gasteiger partial charge < -0.3 is 5.32 Å². The zero-order chi connectivity index (χ0) is 18.3. The van der Waals surface area contributed by atoms with Gasteiger partial charge in [-0.15, -0.1) is 11.3 Å². The Morgan fingerprint density at radius 3 is 2.77 bits per heavy atom. The van der Waals surface area contributed by atoms with Crippen LogP contribution in [0, 0.1) is 18.3 Å². The number of aryl methyl sites for hydroxylation is 1. The summed E-state index contributed by atoms with van der Waals surface area (Å²) < 4.78 is 1.49. The summed E-state index contributed by atoms with van der Waals surface area (Å²) in [6, 6.07) is 13.9. The molecule has 0 radical (unpaired) electrons. The Balaban J connectivity index is 1.75. The van der Waals surface area contributed by atoms with Crippen LogP contribution in [0.4, 0.5) is 5.69 Å². The predicted molar refractivity (Wildman–Crippen MR) is 101 cm³/mol. The topological polar surface area (TPSA) is 87.3 Å². The number of hydrogen-bond donors (Lipinski definition) is 1. The molecule has 3 heterocycles. The number of thiophene rings is 1. The minimum absolute atomic E-state index is 0.192. The van der Waals surface area contributed by atoms with Crippen LogP contribution in [0.5, 0.6) is 0 Å². The summed E-state index contributed by atoms with van der Waals surface area (Å²) in [6.45, 7) is 1.89. The van der Waals surface area contributed by atoms with Crippen molar-refractivity contribution in [1.82, 2.24) is 9.38 Å². The molecular formula is C19H12N4O2S. The van der Waals surface area contributed by atoms with Crippen LogP contribution in [-0.4, -0.2) is 15.3 Å². The smallest absolute Gasteiger partial charge is 0.266 e. The highest BCUT2D eigenvalue weighted by Crippen LogP contribution is 2.24. The predicted octanol–water partition coefficient (Wildman–Crippen LogP) is 3.34. The highest BCUT2D eigenvalue weighted by Gasteiger charge is 2.15. The van der Waals surface area contributed by atoms with Crippen LogP contribution in [0.15, 0.2) is 53.5 Å². The Morgan fingerprint density at radius 2 is 2.04 bits per heavy atom. The van der Waals surface area contributed by atoms with Gasteiger partial charge in [0.1, 0.15) is 10.5 Å². The number of fused-ring (bicyclic) bond motifs is 2. The van der Waals surface area contributed by atoms with Crippen LogP contribution in [0.2, 0.25) is 0 Å². The molecule has 4 rings (SSSR count). The van der Waals surface area contributed by atoms with Gasteiger partial charge in [-0.2, -0.15) is 5.26 Å². The summed E-state index contributed by atoms with van der Waals surface area (Å²) >= 11 is 1.18. The van der Waals surface area contributed by atoms with E-state index in [9.17, 15) is 9.59 Å². The van der Waals surface area contributed by atoms with Crippen LogP contribution < -0.4 is 10.9 Å². The summed E-state index contributed by atoms with van der Waals surface area (Å²) in [6.07, 6.45) is 1.67. The van der Waals surface area contributed by atoms with Gasteiger partial charge in [-0.25, -0.2) is 4.98 Å². The lowest BCUT2D eigenvalue weighted by Gasteiger charge is -2.02. The molecule has 6 nitrogen and oxygen atoms in total. The molecule has 0 atom stereocenters. The van der Waals surface area contributed by atoms with Crippen molar-refractivity contribution in [3.05, 3.63) is 75.0 Å². The molecule has 0 fully saturated rings. The first-order valence-electron chi connectivity index (χ1n) is 7.80. The number of anilines is 1. The van der Waals surface area contributed by atoms with E-state index in [4.69, 9.17) is 5.26 Å². The van der Waals surface area contributed by atoms with Crippen molar-refractivity contribution in [3.63, 3.8) is 0 Å². The van der Waals surface area contributed by atoms with Crippen LogP contribution in [0.3, 0.4) is 0 Å². The number of nitrogens with one attached hydrogen (secondary N) is 1. The lowest BCUT2D eigenvalue weighted by molar-refractivity contribution is 0.103. The quantitative estimate of drug-likeness (QED) is 0.594. The average molecular weight is 360 g/mol. The Morgan fingerprint density at radius 1 is 1.27 bits per heavy atom. The molecule has 0 spiro atoms. The van der Waals surface area contributed by atoms with Crippen LogP contribution >= 0.6 is 11.3 Å². The Bertz CT molecular complexity index is 1260. The summed E-state index contributed by atoms with van der Waals surface area (Å²) in [4.78, 5) is 30.7. The van der Waals surface area contributed by atoms with Gasteiger partial charge in [-0.05, 0) is 48.9 Å². The minimum atomic E-state index is -0.317. The van der Waals surface area contributed by atoms with Crippen molar-refractivity contribution in [2.45, 2.75) is 6.92 Å². The van der Waals surface area contributed by atoms with E-state index < -0.39 is 0 Å². The summed E-state index contributed by atoms with van der Waals surface area (Å²) in [7, 11) is 0. The number of pyridine rings is 1. The van der Waals surface area contributed by atoms with E-state index >= 15 is 0 Å². The van der Waals surface area contributed by atoms with Crippen LogP contribution in [-0.2, 0) is 0 Å². The lowest BCUT2D eigenvalue weighted by Crippen LogP contribution is -2.14. The highest BCUT2D eigenvalue weighted by atomic mass is 32.1. The summed E-state index contributed by atoms with van der Waals surface area (Å²) in [5, 5.41) is 12.0. The van der Waals surface area contributed by atoms with E-state index in [0.717, 1.165) is 5.56 Å². The van der Waals surface area contributed by atoms with Crippen molar-refractivity contribution in [2.24, 2.45) is 0 Å². The second-order valence-corrected chi connectivity index (χ2v) is 6.81. The second-order valence-electron chi connectivity index (χ2n) is 5.77. The SMILES string of the molecule is Cc1cccn2c(=O)c3cc(C(=O)Nc4ccc(C#N)cc4)sc3nc12. The third-order valence-electron chi connectivity index (χ3n) is 4.03. The van der Waals surface area contributed by atoms with Gasteiger partial charge in [-0.3, -0.25) is 14.0 Å². The van der Waals surface area contributed by atoms with Gasteiger partial charge in [0.2, 0.25) is 0 Å². The molecule has 0 aliphatic heterocycles. The molecule has 0 unspecified atom stereocenters. The van der Waals surface area contributed by atoms with E-state index in [1.165, 1.54) is 15.7 Å². The molecule has 0 saturated carbocycles. The molecule has 1 aromatic carbocycles. The number of nitrogens with zero attached hydrogens (tertiary/aromatic N) is 3. The summed E-state index contributed by atoms with van der Waals surface area (Å²) in [5.41, 5.74) is 2.39. The number of benzene rings is 1. The lowest BCUT2D eigenvalue weighted by atomic mass is 10.2. The number of amides is 1. The van der Waals surface area contributed by atoms with Gasteiger partial charge in [0.25, 0.3) is 11.5 Å². The van der Waals surface area contributed by atoms with Gasteiger partial charge in [0.05, 0.1) is 21.9 Å². The number of carbonyl (C=O) groups is 1. The highest BCUT2D eigenvalue weighted by molar-refractivity contribution is 7.20. The monoisotopic (exact) mass is 360 g/mol. The van der Waals surface area contributed by atoms with Crippen LogP contribution in [0.1, 0.15) is 20.8 Å². The van der Waals surface area contributed by atoms with Crippen molar-refractivity contribution >= 4 is 38.8 Å². The van der Waals surface area contributed by atoms with Crippen molar-refractivity contribution in [3.8, 4) is 6.07 Å². The first kappa shape index (κ1) is 16.0. The number of hydrogen-bond acceptors (Lipinski definition) is 5. The third-order valence-corrected chi connectivity index (χ3v) is 5.05. The first-order chi connectivity index (χ1) is 12.6. The van der Waals surface area contributed by atoms with Gasteiger partial charge in [0, 0.05) is 11.9 Å². The molecule has 0 saturated heterocycles. The fourth-order valence-corrected chi connectivity index (χ4v) is 3.61. The number of carbonyl (C=O) groups excluding carboxylic acids is 1. The average Bonchev–Trinajstić information content (AvgIpc) is 3.08.